The van der Waals surface area contributed by atoms with E-state index in [0.29, 0.717) is 35.8 Å². The summed E-state index contributed by atoms with van der Waals surface area (Å²) in [6.07, 6.45) is 18.1. The van der Waals surface area contributed by atoms with E-state index in [-0.39, 0.29) is 30.0 Å². The number of fused-ring (bicyclic) bond motifs is 7. The van der Waals surface area contributed by atoms with Gasteiger partial charge >= 0.3 is 11.9 Å². The van der Waals surface area contributed by atoms with Crippen molar-refractivity contribution >= 4 is 47.6 Å². The molecule has 0 amide bonds. The summed E-state index contributed by atoms with van der Waals surface area (Å²) < 4.78 is 11.1. The summed E-state index contributed by atoms with van der Waals surface area (Å²) in [7, 11) is 1.33. The van der Waals surface area contributed by atoms with Crippen LogP contribution in [0.25, 0.3) is 29.9 Å². The van der Waals surface area contributed by atoms with Gasteiger partial charge in [0.25, 0.3) is 0 Å². The standard InChI is InChI=1S/C50H68N4O5/c1-12-34-30(7)37-24-39-32(9)36(20-21-43(55)59-23-22-29(6)19-15-18-28(5)17-14-16-27(3)4)47(53-39)45-46(50(57)58-11)49(56)44-33(10)40(54-48(44)45)26-42-35(13-2)31(8)38(52-42)25-41(34)51-37/h12,24-29,32,36,46,51-54H,1,13-23H2,2-11H3/b38-25-,39-24-,42-26-,47-45-/t28-,29+,32+,36+,46-/m1/s1. The Morgan fingerprint density at radius 2 is 1.51 bits per heavy atom. The molecule has 5 atom stereocenters. The van der Waals surface area contributed by atoms with Crippen LogP contribution in [0, 0.1) is 56.3 Å². The molecule has 0 unspecified atom stereocenters. The molecule has 3 aromatic rings. The van der Waals surface area contributed by atoms with E-state index < -0.39 is 11.9 Å². The SMILES string of the molecule is C=Cc1c2[nH]c(c1C)/C=C1\N/C(=C3\c4[nH]c(c(C)c4C(=O)[C@@H]3C(=O)OC)/C=c3\[nH]/c(c(C)c3CC)=C\2)[C@@H](CCC(=O)OCC[C@@H](C)CCC[C@H](C)CCCC(C)C)[C@@H]1C. The molecule has 5 heterocycles. The van der Waals surface area contributed by atoms with Crippen LogP contribution in [-0.4, -0.2) is 46.4 Å². The fourth-order valence-electron chi connectivity index (χ4n) is 9.70. The molecule has 2 aliphatic heterocycles. The van der Waals surface area contributed by atoms with Crippen molar-refractivity contribution in [2.45, 2.75) is 127 Å². The van der Waals surface area contributed by atoms with Crippen molar-refractivity contribution in [2.24, 2.45) is 35.5 Å². The smallest absolute Gasteiger partial charge is 0.321 e. The number of H-pyrrole nitrogens is 3. The predicted octanol–water partition coefficient (Wildman–Crippen LogP) is 9.35. The molecule has 0 spiro atoms. The fraction of sp³-hybridized carbons (Fsp3) is 0.540. The monoisotopic (exact) mass is 805 g/mol. The van der Waals surface area contributed by atoms with E-state index in [1.807, 2.05) is 13.0 Å². The lowest BCUT2D eigenvalue weighted by atomic mass is 9.85. The highest BCUT2D eigenvalue weighted by molar-refractivity contribution is 6.24. The van der Waals surface area contributed by atoms with Gasteiger partial charge in [0.15, 0.2) is 5.78 Å². The van der Waals surface area contributed by atoms with Gasteiger partial charge in [0, 0.05) is 74.1 Å². The van der Waals surface area contributed by atoms with Gasteiger partial charge in [0.2, 0.25) is 0 Å². The molecule has 0 aromatic carbocycles. The first-order valence-corrected chi connectivity index (χ1v) is 22.2. The number of allylic oxidation sites excluding steroid dienone is 2. The highest BCUT2D eigenvalue weighted by atomic mass is 16.5. The Morgan fingerprint density at radius 1 is 0.847 bits per heavy atom. The summed E-state index contributed by atoms with van der Waals surface area (Å²) in [5.41, 5.74) is 11.3. The van der Waals surface area contributed by atoms with E-state index >= 15 is 0 Å². The van der Waals surface area contributed by atoms with Gasteiger partial charge in [0.05, 0.1) is 19.4 Å². The maximum atomic E-state index is 14.4. The minimum atomic E-state index is -1.13. The summed E-state index contributed by atoms with van der Waals surface area (Å²) in [6, 6.07) is 0. The van der Waals surface area contributed by atoms with Crippen molar-refractivity contribution in [2.75, 3.05) is 13.7 Å². The number of Topliss-reactive ketones (excluding diaryl/α,β-unsaturated/α-hetero) is 1. The van der Waals surface area contributed by atoms with Crippen LogP contribution in [-0.2, 0) is 25.5 Å². The number of nitrogens with one attached hydrogen (secondary N) is 4. The van der Waals surface area contributed by atoms with Crippen LogP contribution < -0.4 is 16.0 Å². The Balaban J connectivity index is 1.31. The number of rotatable bonds is 17. The number of carbonyl (C=O) groups is 3. The van der Waals surface area contributed by atoms with Gasteiger partial charge in [-0.3, -0.25) is 14.4 Å². The summed E-state index contributed by atoms with van der Waals surface area (Å²) in [4.78, 5) is 52.3. The average molecular weight is 805 g/mol. The first kappa shape index (κ1) is 43.8. The van der Waals surface area contributed by atoms with Crippen LogP contribution in [0.3, 0.4) is 0 Å². The van der Waals surface area contributed by atoms with Gasteiger partial charge in [-0.2, -0.15) is 0 Å². The van der Waals surface area contributed by atoms with Crippen LogP contribution in [0.1, 0.15) is 160 Å². The van der Waals surface area contributed by atoms with Crippen LogP contribution in [0.15, 0.2) is 18.0 Å². The Bertz CT molecular complexity index is 2280. The molecule has 0 saturated carbocycles. The quantitative estimate of drug-likeness (QED) is 0.0796. The summed E-state index contributed by atoms with van der Waals surface area (Å²) in [5.74, 6) is -0.512. The molecule has 8 bridgehead atoms. The lowest BCUT2D eigenvalue weighted by Crippen LogP contribution is -2.25. The number of carbonyl (C=O) groups excluding carboxylic acids is 3. The van der Waals surface area contributed by atoms with Crippen LogP contribution in [0.5, 0.6) is 0 Å². The fourth-order valence-corrected chi connectivity index (χ4v) is 9.70. The third-order valence-electron chi connectivity index (χ3n) is 13.5. The molecule has 1 fully saturated rings. The predicted molar refractivity (Wildman–Crippen MR) is 239 cm³/mol. The molecule has 59 heavy (non-hydrogen) atoms. The molecule has 3 aromatic heterocycles. The molecule has 9 nitrogen and oxygen atoms in total. The molecule has 6 rings (SSSR count). The molecular formula is C50H68N4O5. The number of aromatic amines is 3. The number of ether oxygens (including phenoxy) is 2. The molecule has 9 heteroatoms. The Labute approximate surface area is 351 Å². The van der Waals surface area contributed by atoms with E-state index in [0.717, 1.165) is 92.5 Å². The maximum Gasteiger partial charge on any atom is 0.321 e. The van der Waals surface area contributed by atoms with E-state index in [1.165, 1.54) is 44.8 Å². The number of ketones is 1. The third kappa shape index (κ3) is 9.04. The van der Waals surface area contributed by atoms with E-state index in [4.69, 9.17) is 9.47 Å². The zero-order valence-electron chi connectivity index (χ0n) is 37.3. The van der Waals surface area contributed by atoms with Crippen molar-refractivity contribution < 1.29 is 23.9 Å². The van der Waals surface area contributed by atoms with Gasteiger partial charge in [0.1, 0.15) is 5.92 Å². The molecule has 4 N–H and O–H groups in total. The van der Waals surface area contributed by atoms with Gasteiger partial charge in [-0.1, -0.05) is 92.7 Å². The average Bonchev–Trinajstić information content (AvgIpc) is 3.94. The summed E-state index contributed by atoms with van der Waals surface area (Å²) in [5, 5.41) is 5.67. The van der Waals surface area contributed by atoms with Crippen molar-refractivity contribution in [3.8, 4) is 0 Å². The highest BCUT2D eigenvalue weighted by Gasteiger charge is 2.48. The second-order valence-electron chi connectivity index (χ2n) is 18.1. The van der Waals surface area contributed by atoms with Crippen molar-refractivity contribution in [3.05, 3.63) is 84.8 Å². The largest absolute Gasteiger partial charge is 0.468 e. The van der Waals surface area contributed by atoms with E-state index in [9.17, 15) is 14.4 Å². The summed E-state index contributed by atoms with van der Waals surface area (Å²) >= 11 is 0. The Hall–Kier alpha value is -4.79. The first-order valence-electron chi connectivity index (χ1n) is 22.2. The van der Waals surface area contributed by atoms with Crippen LogP contribution >= 0.6 is 0 Å². The van der Waals surface area contributed by atoms with E-state index in [1.54, 1.807) is 0 Å². The molecule has 1 aliphatic carbocycles. The number of methoxy groups -OCH3 is 1. The van der Waals surface area contributed by atoms with Crippen molar-refractivity contribution in [1.82, 2.24) is 20.3 Å². The molecule has 318 valence electrons. The molecule has 0 radical (unpaired) electrons. The first-order chi connectivity index (χ1) is 28.2. The highest BCUT2D eigenvalue weighted by Crippen LogP contribution is 2.48. The normalized spacial score (nSPS) is 22.5. The molecular weight excluding hydrogens is 737 g/mol. The van der Waals surface area contributed by atoms with Gasteiger partial charge in [-0.05, 0) is 98.3 Å². The third-order valence-corrected chi connectivity index (χ3v) is 13.5. The lowest BCUT2D eigenvalue weighted by Gasteiger charge is -2.20. The van der Waals surface area contributed by atoms with Crippen LogP contribution in [0.4, 0.5) is 0 Å². The number of aromatic nitrogens is 3. The van der Waals surface area contributed by atoms with E-state index in [2.05, 4.69) is 100 Å². The van der Waals surface area contributed by atoms with Crippen molar-refractivity contribution in [1.29, 1.82) is 0 Å². The van der Waals surface area contributed by atoms with Crippen molar-refractivity contribution in [3.63, 3.8) is 0 Å². The maximum absolute atomic E-state index is 14.4. The Morgan fingerprint density at radius 3 is 2.17 bits per heavy atom. The van der Waals surface area contributed by atoms with Gasteiger partial charge in [-0.25, -0.2) is 0 Å². The zero-order valence-corrected chi connectivity index (χ0v) is 37.3. The van der Waals surface area contributed by atoms with Gasteiger partial charge < -0.3 is 29.7 Å². The van der Waals surface area contributed by atoms with Crippen LogP contribution in [0.2, 0.25) is 0 Å². The number of esters is 2. The zero-order chi connectivity index (χ0) is 42.7. The number of hydrogen-bond donors (Lipinski definition) is 4. The minimum absolute atomic E-state index is 0.0736. The second-order valence-corrected chi connectivity index (χ2v) is 18.1. The summed E-state index contributed by atoms with van der Waals surface area (Å²) in [6.45, 7) is 24.2. The lowest BCUT2D eigenvalue weighted by molar-refractivity contribution is -0.144. The topological polar surface area (TPSA) is 129 Å². The molecule has 3 aliphatic rings. The number of hydrogen-bond acceptors (Lipinski definition) is 6. The Kier molecular flexibility index (Phi) is 13.8. The second kappa shape index (κ2) is 18.6. The minimum Gasteiger partial charge on any atom is -0.468 e. The molecule has 1 saturated heterocycles. The van der Waals surface area contributed by atoms with Gasteiger partial charge in [-0.15, -0.1) is 0 Å².